The molecule has 116 valence electrons. The minimum Gasteiger partial charge on any atom is -0.478 e. The van der Waals surface area contributed by atoms with Crippen molar-refractivity contribution < 1.29 is 9.90 Å². The van der Waals surface area contributed by atoms with Gasteiger partial charge in [0.2, 0.25) is 0 Å². The molecule has 0 radical (unpaired) electrons. The van der Waals surface area contributed by atoms with Crippen LogP contribution in [0.4, 0.5) is 5.69 Å². The number of hydrogen-bond donors (Lipinski definition) is 1. The Labute approximate surface area is 135 Å². The van der Waals surface area contributed by atoms with E-state index in [0.29, 0.717) is 11.6 Å². The summed E-state index contributed by atoms with van der Waals surface area (Å²) in [5.41, 5.74) is 6.16. The number of aromatic carboxylic acids is 1. The van der Waals surface area contributed by atoms with E-state index in [9.17, 15) is 9.90 Å². The van der Waals surface area contributed by atoms with Crippen molar-refractivity contribution in [2.24, 2.45) is 5.10 Å². The topological polar surface area (TPSA) is 52.9 Å². The molecule has 23 heavy (non-hydrogen) atoms. The highest BCUT2D eigenvalue weighted by Crippen LogP contribution is 2.34. The average Bonchev–Trinajstić information content (AvgIpc) is 2.89. The number of rotatable bonds is 2. The SMILES string of the molecule is Cc1ccc2c(c1)C1=NN(c3cccc(C(=O)O)c3)C(CC2)C1. The van der Waals surface area contributed by atoms with Gasteiger partial charge >= 0.3 is 5.97 Å². The van der Waals surface area contributed by atoms with Crippen LogP contribution in [-0.4, -0.2) is 22.8 Å². The van der Waals surface area contributed by atoms with Gasteiger partial charge in [0, 0.05) is 12.0 Å². The maximum absolute atomic E-state index is 11.2. The molecule has 2 aromatic carbocycles. The maximum atomic E-state index is 11.2. The van der Waals surface area contributed by atoms with Crippen LogP contribution in [0, 0.1) is 6.92 Å². The molecule has 2 aromatic rings. The van der Waals surface area contributed by atoms with Gasteiger partial charge in [0.05, 0.1) is 23.0 Å². The largest absolute Gasteiger partial charge is 0.478 e. The lowest BCUT2D eigenvalue weighted by Crippen LogP contribution is -2.26. The fourth-order valence-corrected chi connectivity index (χ4v) is 3.50. The minimum atomic E-state index is -0.903. The fourth-order valence-electron chi connectivity index (χ4n) is 3.50. The van der Waals surface area contributed by atoms with E-state index in [2.05, 4.69) is 25.1 Å². The van der Waals surface area contributed by atoms with Gasteiger partial charge in [-0.25, -0.2) is 4.79 Å². The normalized spacial score (nSPS) is 19.1. The number of carboxylic acids is 1. The monoisotopic (exact) mass is 306 g/mol. The molecule has 2 bridgehead atoms. The highest BCUT2D eigenvalue weighted by atomic mass is 16.4. The Morgan fingerprint density at radius 2 is 2.13 bits per heavy atom. The van der Waals surface area contributed by atoms with Gasteiger partial charge in [-0.15, -0.1) is 0 Å². The first-order chi connectivity index (χ1) is 11.1. The molecule has 1 atom stereocenters. The summed E-state index contributed by atoms with van der Waals surface area (Å²) >= 11 is 0. The lowest BCUT2D eigenvalue weighted by atomic mass is 9.99. The van der Waals surface area contributed by atoms with Crippen LogP contribution in [0.2, 0.25) is 0 Å². The molecule has 0 amide bonds. The minimum absolute atomic E-state index is 0.304. The Balaban J connectivity index is 1.76. The second kappa shape index (κ2) is 5.23. The molecule has 0 aromatic heterocycles. The number of fused-ring (bicyclic) bond motifs is 4. The van der Waals surface area contributed by atoms with Crippen LogP contribution in [0.25, 0.3) is 0 Å². The zero-order valence-electron chi connectivity index (χ0n) is 13.0. The van der Waals surface area contributed by atoms with Crippen molar-refractivity contribution in [2.45, 2.75) is 32.2 Å². The number of hydrogen-bond acceptors (Lipinski definition) is 3. The van der Waals surface area contributed by atoms with E-state index >= 15 is 0 Å². The molecule has 0 spiro atoms. The van der Waals surface area contributed by atoms with Crippen LogP contribution < -0.4 is 5.01 Å². The zero-order chi connectivity index (χ0) is 16.0. The summed E-state index contributed by atoms with van der Waals surface area (Å²) in [5, 5.41) is 16.0. The van der Waals surface area contributed by atoms with Gasteiger partial charge < -0.3 is 5.11 Å². The molecule has 1 aliphatic carbocycles. The van der Waals surface area contributed by atoms with E-state index in [4.69, 9.17) is 5.10 Å². The van der Waals surface area contributed by atoms with E-state index in [1.54, 1.807) is 18.2 Å². The molecular weight excluding hydrogens is 288 g/mol. The number of aryl methyl sites for hydroxylation is 2. The summed E-state index contributed by atoms with van der Waals surface area (Å²) in [4.78, 5) is 11.2. The second-order valence-electron chi connectivity index (χ2n) is 6.30. The first kappa shape index (κ1) is 14.0. The van der Waals surface area contributed by atoms with E-state index in [0.717, 1.165) is 30.7 Å². The summed E-state index contributed by atoms with van der Waals surface area (Å²) in [6.45, 7) is 2.10. The Hall–Kier alpha value is -2.62. The zero-order valence-corrected chi connectivity index (χ0v) is 13.0. The number of hydrazone groups is 1. The molecule has 4 nitrogen and oxygen atoms in total. The second-order valence-corrected chi connectivity index (χ2v) is 6.30. The van der Waals surface area contributed by atoms with Gasteiger partial charge in [-0.05, 0) is 49.6 Å². The molecule has 2 aliphatic rings. The predicted molar refractivity (Wildman–Crippen MR) is 90.3 cm³/mol. The van der Waals surface area contributed by atoms with Gasteiger partial charge in [0.1, 0.15) is 0 Å². The molecule has 1 N–H and O–H groups in total. The number of carboxylic acid groups (broad SMARTS) is 1. The summed E-state index contributed by atoms with van der Waals surface area (Å²) in [6.07, 6.45) is 2.99. The molecule has 0 saturated carbocycles. The molecule has 1 unspecified atom stereocenters. The standard InChI is InChI=1S/C19H18N2O2/c1-12-5-6-13-7-8-16-11-18(17(13)9-12)20-21(16)15-4-2-3-14(10-15)19(22)23/h2-6,9-10,16H,7-8,11H2,1H3,(H,22,23). The third-order valence-corrected chi connectivity index (χ3v) is 4.68. The lowest BCUT2D eigenvalue weighted by Gasteiger charge is -2.24. The van der Waals surface area contributed by atoms with Crippen LogP contribution in [0.1, 0.15) is 39.9 Å². The van der Waals surface area contributed by atoms with Crippen molar-refractivity contribution >= 4 is 17.4 Å². The Morgan fingerprint density at radius 3 is 2.96 bits per heavy atom. The Bertz CT molecular complexity index is 826. The van der Waals surface area contributed by atoms with Crippen molar-refractivity contribution in [3.8, 4) is 0 Å². The molecular formula is C19H18N2O2. The molecule has 4 heteroatoms. The highest BCUT2D eigenvalue weighted by Gasteiger charge is 2.32. The predicted octanol–water partition coefficient (Wildman–Crippen LogP) is 3.62. The molecule has 1 aliphatic heterocycles. The van der Waals surface area contributed by atoms with E-state index in [-0.39, 0.29) is 0 Å². The van der Waals surface area contributed by atoms with Crippen molar-refractivity contribution in [3.63, 3.8) is 0 Å². The number of anilines is 1. The average molecular weight is 306 g/mol. The summed E-state index contributed by atoms with van der Waals surface area (Å²) < 4.78 is 0. The van der Waals surface area contributed by atoms with Crippen molar-refractivity contribution in [1.29, 1.82) is 0 Å². The third kappa shape index (κ3) is 2.40. The smallest absolute Gasteiger partial charge is 0.335 e. The summed E-state index contributed by atoms with van der Waals surface area (Å²) in [7, 11) is 0. The Morgan fingerprint density at radius 1 is 1.26 bits per heavy atom. The van der Waals surface area contributed by atoms with Gasteiger partial charge in [-0.1, -0.05) is 23.8 Å². The van der Waals surface area contributed by atoms with E-state index in [1.807, 2.05) is 11.1 Å². The Kier molecular flexibility index (Phi) is 3.18. The van der Waals surface area contributed by atoms with Crippen LogP contribution in [-0.2, 0) is 6.42 Å². The fraction of sp³-hybridized carbons (Fsp3) is 0.263. The van der Waals surface area contributed by atoms with Gasteiger partial charge in [0.15, 0.2) is 0 Å². The van der Waals surface area contributed by atoms with Gasteiger partial charge in [0.25, 0.3) is 0 Å². The molecule has 0 fully saturated rings. The number of nitrogens with zero attached hydrogens (tertiary/aromatic N) is 2. The third-order valence-electron chi connectivity index (χ3n) is 4.68. The maximum Gasteiger partial charge on any atom is 0.335 e. The highest BCUT2D eigenvalue weighted by molar-refractivity contribution is 6.05. The van der Waals surface area contributed by atoms with E-state index < -0.39 is 5.97 Å². The van der Waals surface area contributed by atoms with Gasteiger partial charge in [-0.2, -0.15) is 5.10 Å². The van der Waals surface area contributed by atoms with Gasteiger partial charge in [-0.3, -0.25) is 5.01 Å². The van der Waals surface area contributed by atoms with Crippen molar-refractivity contribution in [1.82, 2.24) is 0 Å². The molecule has 1 heterocycles. The van der Waals surface area contributed by atoms with Crippen molar-refractivity contribution in [3.05, 3.63) is 64.7 Å². The van der Waals surface area contributed by atoms with Crippen LogP contribution >= 0.6 is 0 Å². The van der Waals surface area contributed by atoms with Crippen molar-refractivity contribution in [2.75, 3.05) is 5.01 Å². The quantitative estimate of drug-likeness (QED) is 0.922. The summed E-state index contributed by atoms with van der Waals surface area (Å²) in [5.74, 6) is -0.903. The summed E-state index contributed by atoms with van der Waals surface area (Å²) in [6, 6.07) is 13.9. The number of benzene rings is 2. The van der Waals surface area contributed by atoms with Crippen LogP contribution in [0.3, 0.4) is 0 Å². The molecule has 0 saturated heterocycles. The lowest BCUT2D eigenvalue weighted by molar-refractivity contribution is 0.0697. The van der Waals surface area contributed by atoms with Crippen LogP contribution in [0.5, 0.6) is 0 Å². The first-order valence-corrected chi connectivity index (χ1v) is 7.92. The van der Waals surface area contributed by atoms with E-state index in [1.165, 1.54) is 16.7 Å². The number of carbonyl (C=O) groups is 1. The molecule has 4 rings (SSSR count). The first-order valence-electron chi connectivity index (χ1n) is 7.92. The van der Waals surface area contributed by atoms with Crippen LogP contribution in [0.15, 0.2) is 47.6 Å².